The van der Waals surface area contributed by atoms with Crippen LogP contribution in [0.2, 0.25) is 0 Å². The maximum atomic E-state index is 12.4. The number of carbonyl (C=O) groups is 1. The lowest BCUT2D eigenvalue weighted by atomic mass is 10.0. The van der Waals surface area contributed by atoms with Gasteiger partial charge in [-0.25, -0.2) is 0 Å². The Labute approximate surface area is 149 Å². The minimum Gasteiger partial charge on any atom is -0.467 e. The molecule has 0 saturated carbocycles. The third-order valence-electron chi connectivity index (χ3n) is 4.00. The molecule has 2 aromatic heterocycles. The topological polar surface area (TPSA) is 83.8 Å². The number of aromatic nitrogens is 3. The smallest absolute Gasteiger partial charge is 0.251 e. The maximum Gasteiger partial charge on any atom is 0.251 e. The molecule has 0 spiro atoms. The van der Waals surface area contributed by atoms with E-state index in [0.717, 1.165) is 16.8 Å². The summed E-state index contributed by atoms with van der Waals surface area (Å²) in [6.07, 6.45) is 1.58. The van der Waals surface area contributed by atoms with Gasteiger partial charge in [-0.3, -0.25) is 4.79 Å². The molecule has 2 N–H and O–H groups in total. The van der Waals surface area contributed by atoms with Crippen LogP contribution < -0.4 is 5.32 Å². The van der Waals surface area contributed by atoms with E-state index in [2.05, 4.69) is 20.7 Å². The fourth-order valence-electron chi connectivity index (χ4n) is 2.72. The fourth-order valence-corrected chi connectivity index (χ4v) is 2.72. The van der Waals surface area contributed by atoms with Gasteiger partial charge in [-0.1, -0.05) is 42.5 Å². The van der Waals surface area contributed by atoms with Crippen LogP contribution in [0.25, 0.3) is 22.5 Å². The molecule has 0 aliphatic carbocycles. The van der Waals surface area contributed by atoms with Gasteiger partial charge in [0, 0.05) is 16.7 Å². The Morgan fingerprint density at radius 2 is 1.69 bits per heavy atom. The van der Waals surface area contributed by atoms with Crippen LogP contribution in [0, 0.1) is 0 Å². The second kappa shape index (κ2) is 7.06. The summed E-state index contributed by atoms with van der Waals surface area (Å²) in [5.41, 5.74) is 3.79. The van der Waals surface area contributed by atoms with E-state index in [4.69, 9.17) is 4.42 Å². The molecule has 0 unspecified atom stereocenters. The lowest BCUT2D eigenvalue weighted by Gasteiger charge is -2.06. The molecule has 6 nitrogen and oxygen atoms in total. The highest BCUT2D eigenvalue weighted by atomic mass is 16.3. The van der Waals surface area contributed by atoms with Crippen molar-refractivity contribution in [1.82, 2.24) is 20.7 Å². The monoisotopic (exact) mass is 344 g/mol. The molecule has 0 aliphatic heterocycles. The van der Waals surface area contributed by atoms with Crippen LogP contribution in [0.5, 0.6) is 0 Å². The van der Waals surface area contributed by atoms with Crippen molar-refractivity contribution in [3.05, 3.63) is 84.3 Å². The summed E-state index contributed by atoms with van der Waals surface area (Å²) in [6.45, 7) is 0.343. The number of hydrogen-bond acceptors (Lipinski definition) is 4. The zero-order chi connectivity index (χ0) is 17.8. The average molecular weight is 344 g/mol. The molecule has 6 heteroatoms. The summed E-state index contributed by atoms with van der Waals surface area (Å²) in [4.78, 5) is 12.4. The molecule has 4 rings (SSSR count). The minimum atomic E-state index is -0.173. The van der Waals surface area contributed by atoms with Crippen molar-refractivity contribution < 1.29 is 9.21 Å². The average Bonchev–Trinajstić information content (AvgIpc) is 3.39. The van der Waals surface area contributed by atoms with E-state index >= 15 is 0 Å². The van der Waals surface area contributed by atoms with Gasteiger partial charge in [-0.05, 0) is 24.3 Å². The molecule has 0 saturated heterocycles. The predicted molar refractivity (Wildman–Crippen MR) is 97.1 cm³/mol. The second-order valence-electron chi connectivity index (χ2n) is 5.73. The Bertz CT molecular complexity index is 1010. The third kappa shape index (κ3) is 3.25. The van der Waals surface area contributed by atoms with Crippen LogP contribution in [-0.4, -0.2) is 21.3 Å². The van der Waals surface area contributed by atoms with Gasteiger partial charge in [-0.2, -0.15) is 15.4 Å². The van der Waals surface area contributed by atoms with Gasteiger partial charge in [0.15, 0.2) is 0 Å². The molecule has 0 atom stereocenters. The van der Waals surface area contributed by atoms with Crippen molar-refractivity contribution in [3.63, 3.8) is 0 Å². The summed E-state index contributed by atoms with van der Waals surface area (Å²) in [5.74, 6) is 0.533. The quantitative estimate of drug-likeness (QED) is 0.579. The molecule has 1 amide bonds. The molecule has 128 valence electrons. The van der Waals surface area contributed by atoms with Gasteiger partial charge < -0.3 is 9.73 Å². The summed E-state index contributed by atoms with van der Waals surface area (Å²) in [5, 5.41) is 14.0. The van der Waals surface area contributed by atoms with Crippen LogP contribution in [0.4, 0.5) is 0 Å². The van der Waals surface area contributed by atoms with E-state index in [1.54, 1.807) is 18.4 Å². The van der Waals surface area contributed by atoms with Crippen LogP contribution in [0.15, 0.2) is 77.4 Å². The molecule has 0 fully saturated rings. The third-order valence-corrected chi connectivity index (χ3v) is 4.00. The summed E-state index contributed by atoms with van der Waals surface area (Å²) in [7, 11) is 0. The first kappa shape index (κ1) is 15.8. The van der Waals surface area contributed by atoms with Crippen molar-refractivity contribution >= 4 is 5.91 Å². The van der Waals surface area contributed by atoms with Gasteiger partial charge in [0.05, 0.1) is 12.8 Å². The number of nitrogens with zero attached hydrogens (tertiary/aromatic N) is 2. The van der Waals surface area contributed by atoms with Crippen molar-refractivity contribution in [1.29, 1.82) is 0 Å². The number of benzene rings is 2. The SMILES string of the molecule is O=C(NCc1ccco1)c1cccc(-c2n[nH]nc2-c2ccccc2)c1. The number of furan rings is 1. The Balaban J connectivity index is 1.59. The summed E-state index contributed by atoms with van der Waals surface area (Å²) < 4.78 is 5.23. The van der Waals surface area contributed by atoms with E-state index in [0.29, 0.717) is 23.6 Å². The van der Waals surface area contributed by atoms with Gasteiger partial charge >= 0.3 is 0 Å². The Morgan fingerprint density at radius 1 is 0.923 bits per heavy atom. The van der Waals surface area contributed by atoms with Gasteiger partial charge in [0.2, 0.25) is 0 Å². The first-order valence-corrected chi connectivity index (χ1v) is 8.18. The maximum absolute atomic E-state index is 12.4. The van der Waals surface area contributed by atoms with E-state index < -0.39 is 0 Å². The largest absolute Gasteiger partial charge is 0.467 e. The summed E-state index contributed by atoms with van der Waals surface area (Å²) >= 11 is 0. The first-order valence-electron chi connectivity index (χ1n) is 8.18. The standard InChI is InChI=1S/C20H16N4O2/c25-20(21-13-17-10-5-11-26-17)16-9-4-8-15(12-16)19-18(22-24-23-19)14-6-2-1-3-7-14/h1-12H,13H2,(H,21,25)(H,22,23,24). The van der Waals surface area contributed by atoms with E-state index in [1.165, 1.54) is 0 Å². The van der Waals surface area contributed by atoms with Crippen molar-refractivity contribution in [2.45, 2.75) is 6.54 Å². The van der Waals surface area contributed by atoms with E-state index in [1.807, 2.05) is 54.6 Å². The van der Waals surface area contributed by atoms with Crippen LogP contribution >= 0.6 is 0 Å². The Kier molecular flexibility index (Phi) is 4.30. The molecular formula is C20H16N4O2. The molecule has 2 aromatic carbocycles. The fraction of sp³-hybridized carbons (Fsp3) is 0.0500. The molecule has 2 heterocycles. The molecular weight excluding hydrogens is 328 g/mol. The van der Waals surface area contributed by atoms with Gasteiger partial charge in [0.1, 0.15) is 17.1 Å². The molecule has 0 radical (unpaired) electrons. The number of rotatable bonds is 5. The number of nitrogens with one attached hydrogen (secondary N) is 2. The zero-order valence-electron chi connectivity index (χ0n) is 13.8. The lowest BCUT2D eigenvalue weighted by molar-refractivity contribution is 0.0948. The minimum absolute atomic E-state index is 0.173. The molecule has 26 heavy (non-hydrogen) atoms. The van der Waals surface area contributed by atoms with Gasteiger partial charge in [-0.15, -0.1) is 0 Å². The summed E-state index contributed by atoms with van der Waals surface area (Å²) in [6, 6.07) is 20.7. The molecule has 4 aromatic rings. The van der Waals surface area contributed by atoms with Crippen molar-refractivity contribution in [3.8, 4) is 22.5 Å². The number of hydrogen-bond donors (Lipinski definition) is 2. The number of H-pyrrole nitrogens is 1. The zero-order valence-corrected chi connectivity index (χ0v) is 13.8. The normalized spacial score (nSPS) is 10.6. The van der Waals surface area contributed by atoms with E-state index in [-0.39, 0.29) is 5.91 Å². The Morgan fingerprint density at radius 3 is 2.46 bits per heavy atom. The second-order valence-corrected chi connectivity index (χ2v) is 5.73. The number of carbonyl (C=O) groups excluding carboxylic acids is 1. The predicted octanol–water partition coefficient (Wildman–Crippen LogP) is 3.66. The molecule has 0 aliphatic rings. The van der Waals surface area contributed by atoms with Crippen molar-refractivity contribution in [2.24, 2.45) is 0 Å². The van der Waals surface area contributed by atoms with Crippen LogP contribution in [0.1, 0.15) is 16.1 Å². The Hall–Kier alpha value is -3.67. The first-order chi connectivity index (χ1) is 12.8. The van der Waals surface area contributed by atoms with Crippen molar-refractivity contribution in [2.75, 3.05) is 0 Å². The molecule has 0 bridgehead atoms. The van der Waals surface area contributed by atoms with Crippen LogP contribution in [-0.2, 0) is 6.54 Å². The van der Waals surface area contributed by atoms with E-state index in [9.17, 15) is 4.79 Å². The number of amides is 1. The highest BCUT2D eigenvalue weighted by Crippen LogP contribution is 2.28. The van der Waals surface area contributed by atoms with Gasteiger partial charge in [0.25, 0.3) is 5.91 Å². The highest BCUT2D eigenvalue weighted by Gasteiger charge is 2.14. The highest BCUT2D eigenvalue weighted by molar-refractivity contribution is 5.95. The lowest BCUT2D eigenvalue weighted by Crippen LogP contribution is -2.22. The number of aromatic amines is 1. The van der Waals surface area contributed by atoms with Crippen LogP contribution in [0.3, 0.4) is 0 Å².